The molecule has 166 valence electrons. The van der Waals surface area contributed by atoms with Crippen LogP contribution in [0.3, 0.4) is 0 Å². The van der Waals surface area contributed by atoms with Crippen LogP contribution in [0.4, 0.5) is 5.69 Å². The van der Waals surface area contributed by atoms with Gasteiger partial charge in [-0.25, -0.2) is 4.79 Å². The van der Waals surface area contributed by atoms with E-state index in [1.54, 1.807) is 48.5 Å². The fourth-order valence-corrected chi connectivity index (χ4v) is 3.71. The molecule has 0 amide bonds. The van der Waals surface area contributed by atoms with Crippen LogP contribution in [0.2, 0.25) is 25.7 Å². The van der Waals surface area contributed by atoms with Gasteiger partial charge in [0.1, 0.15) is 5.75 Å². The molecule has 3 aromatic carbocycles. The van der Waals surface area contributed by atoms with Crippen LogP contribution in [0.25, 0.3) is 11.1 Å². The van der Waals surface area contributed by atoms with Crippen molar-refractivity contribution in [1.29, 1.82) is 0 Å². The van der Waals surface area contributed by atoms with Gasteiger partial charge in [-0.3, -0.25) is 10.1 Å². The number of benzene rings is 3. The maximum absolute atomic E-state index is 12.3. The van der Waals surface area contributed by atoms with Crippen LogP contribution >= 0.6 is 0 Å². The molecule has 7 heteroatoms. The van der Waals surface area contributed by atoms with E-state index < -0.39 is 19.0 Å². The zero-order valence-electron chi connectivity index (χ0n) is 18.8. The number of carbonyl (C=O) groups excluding carboxylic acids is 1. The first-order chi connectivity index (χ1) is 15.1. The van der Waals surface area contributed by atoms with Gasteiger partial charge in [0.05, 0.1) is 17.1 Å². The van der Waals surface area contributed by atoms with E-state index in [0.29, 0.717) is 23.5 Å². The Hall–Kier alpha value is -3.45. The van der Waals surface area contributed by atoms with Crippen molar-refractivity contribution in [2.24, 2.45) is 0 Å². The van der Waals surface area contributed by atoms with E-state index in [-0.39, 0.29) is 11.4 Å². The molecule has 3 rings (SSSR count). The fourth-order valence-electron chi connectivity index (χ4n) is 3.00. The van der Waals surface area contributed by atoms with E-state index in [4.69, 9.17) is 9.47 Å². The van der Waals surface area contributed by atoms with Crippen molar-refractivity contribution >= 4 is 19.7 Å². The average molecular weight is 450 g/mol. The lowest BCUT2D eigenvalue weighted by atomic mass is 10.0. The molecule has 0 aliphatic rings. The summed E-state index contributed by atoms with van der Waals surface area (Å²) in [5.74, 6) is 0.244. The van der Waals surface area contributed by atoms with Gasteiger partial charge in [0.25, 0.3) is 0 Å². The molecule has 0 aliphatic heterocycles. The van der Waals surface area contributed by atoms with Crippen molar-refractivity contribution in [1.82, 2.24) is 0 Å². The molecule has 0 saturated carbocycles. The topological polar surface area (TPSA) is 78.7 Å². The minimum atomic E-state index is -1.29. The molecule has 0 spiro atoms. The molecule has 0 fully saturated rings. The molecule has 0 bridgehead atoms. The highest BCUT2D eigenvalue weighted by Crippen LogP contribution is 2.33. The van der Waals surface area contributed by atoms with E-state index in [1.165, 1.54) is 6.07 Å². The largest absolute Gasteiger partial charge is 0.487 e. The van der Waals surface area contributed by atoms with Crippen molar-refractivity contribution in [3.8, 4) is 22.6 Å². The quantitative estimate of drug-likeness (QED) is 0.129. The van der Waals surface area contributed by atoms with Crippen molar-refractivity contribution in [3.63, 3.8) is 0 Å². The molecule has 0 unspecified atom stereocenters. The zero-order chi connectivity index (χ0) is 23.3. The van der Waals surface area contributed by atoms with Crippen LogP contribution < -0.4 is 9.47 Å². The van der Waals surface area contributed by atoms with Gasteiger partial charge >= 0.3 is 11.7 Å². The van der Waals surface area contributed by atoms with Gasteiger partial charge in [-0.1, -0.05) is 55.5 Å². The molecular weight excluding hydrogens is 422 g/mol. The van der Waals surface area contributed by atoms with Crippen LogP contribution in [0.5, 0.6) is 11.5 Å². The smallest absolute Gasteiger partial charge is 0.343 e. The number of esters is 1. The van der Waals surface area contributed by atoms with Crippen molar-refractivity contribution in [3.05, 3.63) is 88.0 Å². The lowest BCUT2D eigenvalue weighted by molar-refractivity contribution is -0.385. The Bertz CT molecular complexity index is 1100. The second-order valence-corrected chi connectivity index (χ2v) is 14.5. The Morgan fingerprint density at radius 2 is 1.56 bits per heavy atom. The maximum atomic E-state index is 12.3. The summed E-state index contributed by atoms with van der Waals surface area (Å²) in [7, 11) is -1.29. The zero-order valence-corrected chi connectivity index (χ0v) is 19.8. The first-order valence-electron chi connectivity index (χ1n) is 10.4. The van der Waals surface area contributed by atoms with Crippen molar-refractivity contribution in [2.45, 2.75) is 32.6 Å². The van der Waals surface area contributed by atoms with Gasteiger partial charge in [-0.15, -0.1) is 0 Å². The highest BCUT2D eigenvalue weighted by Gasteiger charge is 2.19. The SMILES string of the molecule is Cc1ccc(C(=O)Oc2ccc(-c3ccc(OCC[Si](C)(C)C)c([N+](=O)[O-])c3)cc2)cc1. The highest BCUT2D eigenvalue weighted by atomic mass is 28.3. The Morgan fingerprint density at radius 3 is 2.16 bits per heavy atom. The van der Waals surface area contributed by atoms with Crippen LogP contribution in [-0.2, 0) is 0 Å². The second kappa shape index (κ2) is 9.78. The molecule has 0 aromatic heterocycles. The van der Waals surface area contributed by atoms with Crippen LogP contribution in [0.1, 0.15) is 15.9 Å². The third-order valence-corrected chi connectivity index (χ3v) is 6.65. The molecular formula is C25H27NO5Si. The lowest BCUT2D eigenvalue weighted by Gasteiger charge is -2.16. The van der Waals surface area contributed by atoms with Gasteiger partial charge < -0.3 is 9.47 Å². The molecule has 0 atom stereocenters. The Morgan fingerprint density at radius 1 is 0.938 bits per heavy atom. The molecule has 32 heavy (non-hydrogen) atoms. The Labute approximate surface area is 189 Å². The maximum Gasteiger partial charge on any atom is 0.343 e. The van der Waals surface area contributed by atoms with E-state index in [9.17, 15) is 14.9 Å². The Kier molecular flexibility index (Phi) is 7.10. The molecule has 0 N–H and O–H groups in total. The van der Waals surface area contributed by atoms with Gasteiger partial charge in [-0.2, -0.15) is 0 Å². The molecule has 0 radical (unpaired) electrons. The predicted molar refractivity (Wildman–Crippen MR) is 128 cm³/mol. The lowest BCUT2D eigenvalue weighted by Crippen LogP contribution is -2.22. The van der Waals surface area contributed by atoms with E-state index >= 15 is 0 Å². The minimum Gasteiger partial charge on any atom is -0.487 e. The molecule has 0 aliphatic carbocycles. The molecule has 3 aromatic rings. The number of carbonyl (C=O) groups is 1. The van der Waals surface area contributed by atoms with Crippen LogP contribution in [0.15, 0.2) is 66.7 Å². The summed E-state index contributed by atoms with van der Waals surface area (Å²) < 4.78 is 11.1. The molecule has 6 nitrogen and oxygen atoms in total. The Balaban J connectivity index is 1.73. The number of hydrogen-bond acceptors (Lipinski definition) is 5. The normalized spacial score (nSPS) is 11.1. The van der Waals surface area contributed by atoms with E-state index in [2.05, 4.69) is 19.6 Å². The average Bonchev–Trinajstić information content (AvgIpc) is 2.74. The highest BCUT2D eigenvalue weighted by molar-refractivity contribution is 6.76. The number of ether oxygens (including phenoxy) is 2. The van der Waals surface area contributed by atoms with Crippen LogP contribution in [-0.4, -0.2) is 25.6 Å². The van der Waals surface area contributed by atoms with Gasteiger partial charge in [-0.05, 0) is 54.4 Å². The number of nitro groups is 1. The number of aryl methyl sites for hydroxylation is 1. The summed E-state index contributed by atoms with van der Waals surface area (Å²) in [5, 5.41) is 11.6. The molecule has 0 heterocycles. The summed E-state index contributed by atoms with van der Waals surface area (Å²) in [6.07, 6.45) is 0. The van der Waals surface area contributed by atoms with Crippen molar-refractivity contribution in [2.75, 3.05) is 6.61 Å². The second-order valence-electron chi connectivity index (χ2n) is 8.88. The van der Waals surface area contributed by atoms with Crippen LogP contribution in [0, 0.1) is 17.0 Å². The summed E-state index contributed by atoms with van der Waals surface area (Å²) in [4.78, 5) is 23.4. The third kappa shape index (κ3) is 6.27. The summed E-state index contributed by atoms with van der Waals surface area (Å²) in [5.41, 5.74) is 2.93. The third-order valence-electron chi connectivity index (χ3n) is 4.95. The monoisotopic (exact) mass is 449 g/mol. The van der Waals surface area contributed by atoms with Gasteiger partial charge in [0, 0.05) is 14.1 Å². The fraction of sp³-hybridized carbons (Fsp3) is 0.240. The van der Waals surface area contributed by atoms with Crippen molar-refractivity contribution < 1.29 is 19.2 Å². The van der Waals surface area contributed by atoms with E-state index in [1.807, 2.05) is 19.1 Å². The number of nitrogens with zero attached hydrogens (tertiary/aromatic N) is 1. The minimum absolute atomic E-state index is 0.0621. The predicted octanol–water partition coefficient (Wildman–Crippen LogP) is 6.51. The van der Waals surface area contributed by atoms with Gasteiger partial charge in [0.2, 0.25) is 0 Å². The standard InChI is InChI=1S/C25H27NO5Si/c1-18-5-7-20(8-6-18)25(27)31-22-12-9-19(10-13-22)21-11-14-24(23(17-21)26(28)29)30-15-16-32(2,3)4/h5-14,17H,15-16H2,1-4H3. The first kappa shape index (κ1) is 23.2. The van der Waals surface area contributed by atoms with E-state index in [0.717, 1.165) is 17.2 Å². The number of nitro benzene ring substituents is 1. The number of hydrogen-bond donors (Lipinski definition) is 0. The summed E-state index contributed by atoms with van der Waals surface area (Å²) in [6, 6.07) is 19.9. The number of rotatable bonds is 8. The summed E-state index contributed by atoms with van der Waals surface area (Å²) >= 11 is 0. The first-order valence-corrected chi connectivity index (χ1v) is 14.1. The summed E-state index contributed by atoms with van der Waals surface area (Å²) in [6.45, 7) is 9.11. The molecule has 0 saturated heterocycles. The van der Waals surface area contributed by atoms with Gasteiger partial charge in [0.15, 0.2) is 5.75 Å².